The first-order chi connectivity index (χ1) is 63.3. The quantitative estimate of drug-likeness (QED) is 0.0253. The number of likely N-dealkylation sites (N-methyl/N-ethyl adjacent to an activating group) is 2. The number of rotatable bonds is 25. The van der Waals surface area contributed by atoms with Crippen molar-refractivity contribution in [2.24, 2.45) is 58.4 Å². The van der Waals surface area contributed by atoms with E-state index in [2.05, 4.69) is 143 Å². The third kappa shape index (κ3) is 26.2. The van der Waals surface area contributed by atoms with Gasteiger partial charge in [-0.25, -0.2) is 13.2 Å². The number of likely N-dealkylation sites (tertiary alicyclic amines) is 2. The highest BCUT2D eigenvalue weighted by Crippen LogP contribution is 2.40. The van der Waals surface area contributed by atoms with Gasteiger partial charge in [-0.3, -0.25) is 19.2 Å². The number of halogens is 6. The fourth-order valence-electron chi connectivity index (χ4n) is 18.3. The van der Waals surface area contributed by atoms with E-state index in [9.17, 15) is 45.5 Å². The van der Waals surface area contributed by atoms with Gasteiger partial charge in [0.15, 0.2) is 0 Å². The molecule has 2 aliphatic carbocycles. The van der Waals surface area contributed by atoms with Gasteiger partial charge in [0.05, 0.1) is 11.0 Å². The van der Waals surface area contributed by atoms with Gasteiger partial charge >= 0.3 is 6.18 Å². The Kier molecular flexibility index (Phi) is 33.1. The molecule has 2 heterocycles. The van der Waals surface area contributed by atoms with Crippen molar-refractivity contribution >= 4 is 23.6 Å². The Labute approximate surface area is 773 Å². The summed E-state index contributed by atoms with van der Waals surface area (Å²) in [6.07, 6.45) is 4.15. The monoisotopic (exact) mass is 1790 g/mol. The summed E-state index contributed by atoms with van der Waals surface area (Å²) in [5.41, 5.74) is 43.8. The topological polar surface area (TPSA) is 227 Å². The second-order valence-corrected chi connectivity index (χ2v) is 37.1. The highest BCUT2D eigenvalue weighted by molar-refractivity contribution is 5.99. The summed E-state index contributed by atoms with van der Waals surface area (Å²) < 4.78 is 79.5. The van der Waals surface area contributed by atoms with Crippen LogP contribution in [0.3, 0.4) is 0 Å². The lowest BCUT2D eigenvalue weighted by molar-refractivity contribution is -0.137. The van der Waals surface area contributed by atoms with Crippen LogP contribution in [-0.4, -0.2) is 125 Å². The molecule has 4 fully saturated rings. The molecule has 12 N–H and O–H groups in total. The van der Waals surface area contributed by atoms with Crippen LogP contribution in [-0.2, 0) is 16.4 Å². The zero-order valence-corrected chi connectivity index (χ0v) is 76.9. The Bertz CT molecular complexity index is 5510. The van der Waals surface area contributed by atoms with Gasteiger partial charge in [0.1, 0.15) is 17.5 Å². The van der Waals surface area contributed by atoms with Gasteiger partial charge < -0.3 is 54.0 Å². The predicted molar refractivity (Wildman–Crippen MR) is 523 cm³/mol. The number of aryl methyl sites for hydroxylation is 4. The average Bonchev–Trinajstić information content (AvgIpc) is 0.875. The molecule has 0 spiro atoms. The van der Waals surface area contributed by atoms with E-state index in [4.69, 9.17) is 22.9 Å². The third-order valence-electron chi connectivity index (χ3n) is 26.7. The maximum Gasteiger partial charge on any atom is 0.416 e. The molecular formula is C112H124F6N10O4. The van der Waals surface area contributed by atoms with Crippen LogP contribution in [0.1, 0.15) is 130 Å². The molecule has 12 aromatic rings. The molecule has 16 rings (SSSR count). The molecule has 4 amide bonds. The van der Waals surface area contributed by atoms with Gasteiger partial charge in [-0.15, -0.1) is 0 Å². The molecule has 4 aliphatic rings. The number of carbonyl (C=O) groups is 4. The van der Waals surface area contributed by atoms with Crippen molar-refractivity contribution in [3.05, 3.63) is 334 Å². The Balaban J connectivity index is 0.000000150. The Hall–Kier alpha value is -12.1. The molecule has 0 radical (unpaired) electrons. The maximum absolute atomic E-state index is 13.6. The van der Waals surface area contributed by atoms with Crippen molar-refractivity contribution in [3.8, 4) is 89.0 Å². The second-order valence-electron chi connectivity index (χ2n) is 37.1. The summed E-state index contributed by atoms with van der Waals surface area (Å²) in [6, 6.07) is 81.1. The molecular weight excluding hydrogens is 1660 g/mol. The molecule has 14 nitrogen and oxygen atoms in total. The first kappa shape index (κ1) is 97.4. The fourth-order valence-corrected chi connectivity index (χ4v) is 18.3. The lowest BCUT2D eigenvalue weighted by Crippen LogP contribution is -2.42. The minimum absolute atomic E-state index is 0.0230. The van der Waals surface area contributed by atoms with Gasteiger partial charge in [0.2, 0.25) is 5.91 Å². The van der Waals surface area contributed by atoms with Crippen molar-refractivity contribution in [2.45, 2.75) is 117 Å². The molecule has 20 heteroatoms. The summed E-state index contributed by atoms with van der Waals surface area (Å²) in [6.45, 7) is 19.3. The number of alkyl halides is 3. The van der Waals surface area contributed by atoms with Crippen LogP contribution in [0, 0.1) is 80.7 Å². The molecule has 2 saturated carbocycles. The second kappa shape index (κ2) is 44.9. The molecule has 688 valence electrons. The molecule has 0 aromatic heterocycles. The Morgan fingerprint density at radius 2 is 0.545 bits per heavy atom. The largest absolute Gasteiger partial charge is 0.416 e. The van der Waals surface area contributed by atoms with E-state index < -0.39 is 17.2 Å². The van der Waals surface area contributed by atoms with Crippen molar-refractivity contribution in [2.75, 3.05) is 79.5 Å². The zero-order chi connectivity index (χ0) is 93.9. The van der Waals surface area contributed by atoms with Crippen molar-refractivity contribution < 1.29 is 45.5 Å². The molecule has 8 atom stereocenters. The minimum atomic E-state index is -4.39. The molecule has 12 aromatic carbocycles. The van der Waals surface area contributed by atoms with E-state index in [0.29, 0.717) is 121 Å². The van der Waals surface area contributed by atoms with Gasteiger partial charge in [0.25, 0.3) is 17.7 Å². The number of hydrogen-bond acceptors (Lipinski definition) is 10. The normalized spacial score (nSPS) is 18.4. The van der Waals surface area contributed by atoms with E-state index in [1.165, 1.54) is 65.2 Å². The van der Waals surface area contributed by atoms with E-state index in [1.54, 1.807) is 42.5 Å². The smallest absolute Gasteiger partial charge is 0.355 e. The van der Waals surface area contributed by atoms with E-state index >= 15 is 0 Å². The van der Waals surface area contributed by atoms with Crippen LogP contribution in [0.15, 0.2) is 267 Å². The number of nitrogens with one attached hydrogen (secondary N) is 4. The Morgan fingerprint density at radius 3 is 0.803 bits per heavy atom. The summed E-state index contributed by atoms with van der Waals surface area (Å²) in [5.74, 6) is 1.81. The van der Waals surface area contributed by atoms with E-state index in [0.717, 1.165) is 172 Å². The number of hydrogen-bond donors (Lipinski definition) is 8. The number of nitrogens with two attached hydrogens (primary N) is 4. The van der Waals surface area contributed by atoms with Crippen molar-refractivity contribution in [3.63, 3.8) is 0 Å². The zero-order valence-electron chi connectivity index (χ0n) is 76.9. The highest BCUT2D eigenvalue weighted by Gasteiger charge is 2.35. The fraction of sp³-hybridized carbons (Fsp3) is 0.321. The minimum Gasteiger partial charge on any atom is -0.355 e. The molecule has 132 heavy (non-hydrogen) atoms. The molecule has 0 bridgehead atoms. The van der Waals surface area contributed by atoms with E-state index in [1.807, 2.05) is 107 Å². The number of benzene rings is 12. The summed E-state index contributed by atoms with van der Waals surface area (Å²) >= 11 is 0. The lowest BCUT2D eigenvalue weighted by atomic mass is 9.80. The number of amides is 4. The standard InChI is InChI=1S/C30H35FN2O.C28H29F3N2O.2C27H30FN3O/c1-20-4-8-23(9-5-20)25-15-26(24-10-12-28(31)13-11-24)17-27(16-25)30(2,3)29(34)33-19-22-7-6-21(14-22)18-32;1-18-2-6-21(7-3-18)23-13-24(22-8-10-26(11-9-22)28(29,30)31)15-25(14-23)27(34)33-17-20-5-4-19(12-20)16-32;2*1-18-3-5-20(6-4-18)22-12-23(21-7-9-25(28)10-8-21)14-24(13-22)27(32)30-16-26-11-19(15-29)17-31(26)2/h4-5,8-13,15-17,21-22H,6-7,14,18-19,32H2,1-3H3,(H,33,34);2-3,6-11,13-15,19-20H,4-5,12,16-17,32H2,1H3,(H,33,34);2*3-10,12-14,19,26H,11,15-17,29H2,1-2H3,(H,30,32)/t21-,22+;19-,20+;2*19-,26-/m1100/s1. The molecule has 0 unspecified atom stereocenters. The number of carbonyl (C=O) groups excluding carboxylic acids is 4. The van der Waals surface area contributed by atoms with Crippen molar-refractivity contribution in [1.29, 1.82) is 0 Å². The van der Waals surface area contributed by atoms with Gasteiger partial charge in [-0.05, 0) is 372 Å². The average molecular weight is 1790 g/mol. The van der Waals surface area contributed by atoms with Crippen LogP contribution >= 0.6 is 0 Å². The summed E-state index contributed by atoms with van der Waals surface area (Å²) in [7, 11) is 4.16. The van der Waals surface area contributed by atoms with Crippen LogP contribution in [0.4, 0.5) is 26.3 Å². The molecule has 2 aliphatic heterocycles. The summed E-state index contributed by atoms with van der Waals surface area (Å²) in [4.78, 5) is 57.2. The van der Waals surface area contributed by atoms with Gasteiger partial charge in [-0.1, -0.05) is 180 Å². The van der Waals surface area contributed by atoms with Gasteiger partial charge in [0, 0.05) is 68.0 Å². The predicted octanol–water partition coefficient (Wildman–Crippen LogP) is 21.6. The van der Waals surface area contributed by atoms with E-state index in [-0.39, 0.29) is 41.1 Å². The lowest BCUT2D eigenvalue weighted by Gasteiger charge is -2.27. The first-order valence-corrected chi connectivity index (χ1v) is 46.0. The number of nitrogens with zero attached hydrogens (tertiary/aromatic N) is 2. The van der Waals surface area contributed by atoms with Gasteiger partial charge in [-0.2, -0.15) is 13.2 Å². The van der Waals surface area contributed by atoms with Crippen molar-refractivity contribution in [1.82, 2.24) is 31.1 Å². The molecule has 2 saturated heterocycles. The van der Waals surface area contributed by atoms with Crippen LogP contribution < -0.4 is 44.2 Å². The van der Waals surface area contributed by atoms with Crippen LogP contribution in [0.25, 0.3) is 89.0 Å². The summed E-state index contributed by atoms with van der Waals surface area (Å²) in [5, 5.41) is 12.5. The van der Waals surface area contributed by atoms with Crippen LogP contribution in [0.2, 0.25) is 0 Å². The van der Waals surface area contributed by atoms with Crippen LogP contribution in [0.5, 0.6) is 0 Å². The maximum atomic E-state index is 13.6. The first-order valence-electron chi connectivity index (χ1n) is 46.0. The third-order valence-corrected chi connectivity index (χ3v) is 26.7. The highest BCUT2D eigenvalue weighted by atomic mass is 19.4. The Morgan fingerprint density at radius 1 is 0.303 bits per heavy atom. The SMILES string of the molecule is Cc1ccc(-c2cc(-c3ccc(F)cc3)cc(C(C)(C)C(=O)NC[C@H]3CC[C@@H](CN)C3)c2)cc1.Cc1ccc(-c2cc(C(=O)NC[C@@H]3C[C@@H](CN)CN3C)cc(-c3ccc(F)cc3)c2)cc1.Cc1ccc(-c2cc(C(=O)NC[C@@H]3C[C@@H](CN)CN3C)cc(-c3ccc(F)cc3)c2)cc1.Cc1ccc(-c2cc(C(=O)NC[C@H]3CC[C@@H](CN)C3)cc(-c3ccc(C(F)(F)F)cc3)c2)cc1.